The van der Waals surface area contributed by atoms with Crippen molar-refractivity contribution in [1.29, 1.82) is 0 Å². The topological polar surface area (TPSA) is 39.7 Å². The summed E-state index contributed by atoms with van der Waals surface area (Å²) in [5, 5.41) is 0.770. The summed E-state index contributed by atoms with van der Waals surface area (Å²) >= 11 is 1.60. The summed E-state index contributed by atoms with van der Waals surface area (Å²) in [5.41, 5.74) is 4.01. The summed E-state index contributed by atoms with van der Waals surface area (Å²) < 4.78 is 1.13. The van der Waals surface area contributed by atoms with Crippen LogP contribution in [-0.2, 0) is 6.42 Å². The molecule has 1 aromatic heterocycles. The molecular formula is C24H33ClN4OS. The highest BCUT2D eigenvalue weighted by molar-refractivity contribution is 7.22. The van der Waals surface area contributed by atoms with E-state index in [1.54, 1.807) is 11.3 Å². The Bertz CT molecular complexity index is 983. The quantitative estimate of drug-likeness (QED) is 0.432. The van der Waals surface area contributed by atoms with Gasteiger partial charge in [-0.3, -0.25) is 9.69 Å². The molecular weight excluding hydrogens is 428 g/mol. The van der Waals surface area contributed by atoms with E-state index in [-0.39, 0.29) is 18.3 Å². The first-order valence-corrected chi connectivity index (χ1v) is 11.5. The Hall–Kier alpha value is -2.15. The predicted octanol–water partition coefficient (Wildman–Crippen LogP) is 5.34. The third-order valence-electron chi connectivity index (χ3n) is 5.49. The number of likely N-dealkylation sites (N-methyl/N-ethyl adjacent to an activating group) is 1. The normalized spacial score (nSPS) is 10.9. The molecule has 168 valence electrons. The number of aryl methyl sites for hydroxylation is 1. The fraction of sp³-hybridized carbons (Fsp3) is 0.417. The van der Waals surface area contributed by atoms with Gasteiger partial charge in [-0.15, -0.1) is 12.4 Å². The summed E-state index contributed by atoms with van der Waals surface area (Å²) in [7, 11) is 4.00. The van der Waals surface area contributed by atoms with E-state index in [0.717, 1.165) is 47.1 Å². The van der Waals surface area contributed by atoms with Crippen LogP contribution in [-0.4, -0.2) is 56.1 Å². The van der Waals surface area contributed by atoms with Gasteiger partial charge < -0.3 is 9.80 Å². The van der Waals surface area contributed by atoms with E-state index in [2.05, 4.69) is 43.9 Å². The van der Waals surface area contributed by atoms with Crippen molar-refractivity contribution in [3.05, 3.63) is 53.6 Å². The molecule has 0 aliphatic heterocycles. The number of halogens is 1. The highest BCUT2D eigenvalue weighted by atomic mass is 35.5. The molecule has 0 aliphatic rings. The zero-order valence-electron chi connectivity index (χ0n) is 19.1. The van der Waals surface area contributed by atoms with Crippen molar-refractivity contribution < 1.29 is 4.79 Å². The van der Waals surface area contributed by atoms with Crippen LogP contribution in [0.1, 0.15) is 36.7 Å². The fourth-order valence-corrected chi connectivity index (χ4v) is 4.47. The number of benzene rings is 2. The first-order chi connectivity index (χ1) is 14.5. The van der Waals surface area contributed by atoms with E-state index in [0.29, 0.717) is 12.1 Å². The molecule has 3 aromatic rings. The van der Waals surface area contributed by atoms with Crippen LogP contribution in [0.4, 0.5) is 10.8 Å². The largest absolute Gasteiger partial charge is 0.378 e. The summed E-state index contributed by atoms with van der Waals surface area (Å²) in [6.07, 6.45) is 0.992. The molecule has 0 atom stereocenters. The first kappa shape index (κ1) is 25.1. The maximum absolute atomic E-state index is 13.5. The monoisotopic (exact) mass is 460 g/mol. The zero-order chi connectivity index (χ0) is 21.7. The zero-order valence-corrected chi connectivity index (χ0v) is 20.7. The summed E-state index contributed by atoms with van der Waals surface area (Å²) in [6, 6.07) is 14.2. The average molecular weight is 461 g/mol. The minimum absolute atomic E-state index is 0. The van der Waals surface area contributed by atoms with Crippen molar-refractivity contribution in [3.8, 4) is 0 Å². The lowest BCUT2D eigenvalue weighted by Gasteiger charge is -2.25. The molecule has 0 saturated heterocycles. The molecule has 1 amide bonds. The van der Waals surface area contributed by atoms with Gasteiger partial charge in [-0.25, -0.2) is 4.98 Å². The van der Waals surface area contributed by atoms with E-state index in [1.807, 2.05) is 48.2 Å². The third-order valence-corrected chi connectivity index (χ3v) is 6.53. The summed E-state index contributed by atoms with van der Waals surface area (Å²) in [5.74, 6) is 0.00207. The van der Waals surface area contributed by atoms with Crippen molar-refractivity contribution in [2.45, 2.75) is 27.2 Å². The van der Waals surface area contributed by atoms with Gasteiger partial charge in [0.05, 0.1) is 10.2 Å². The Morgan fingerprint density at radius 3 is 2.23 bits per heavy atom. The van der Waals surface area contributed by atoms with E-state index < -0.39 is 0 Å². The molecule has 0 saturated carbocycles. The van der Waals surface area contributed by atoms with Crippen LogP contribution in [0.25, 0.3) is 10.2 Å². The Kier molecular flexibility index (Phi) is 9.29. The van der Waals surface area contributed by atoms with Gasteiger partial charge in [0.15, 0.2) is 5.13 Å². The fourth-order valence-electron chi connectivity index (χ4n) is 3.42. The molecule has 0 bridgehead atoms. The number of hydrogen-bond donors (Lipinski definition) is 0. The molecule has 5 nitrogen and oxygen atoms in total. The van der Waals surface area contributed by atoms with Gasteiger partial charge in [-0.2, -0.15) is 0 Å². The van der Waals surface area contributed by atoms with Gasteiger partial charge in [0, 0.05) is 38.4 Å². The van der Waals surface area contributed by atoms with Crippen LogP contribution >= 0.6 is 23.7 Å². The number of carbonyl (C=O) groups is 1. The first-order valence-electron chi connectivity index (χ1n) is 10.7. The second-order valence-corrected chi connectivity index (χ2v) is 8.59. The van der Waals surface area contributed by atoms with Crippen LogP contribution in [0.2, 0.25) is 0 Å². The van der Waals surface area contributed by atoms with Gasteiger partial charge in [0.25, 0.3) is 5.91 Å². The van der Waals surface area contributed by atoms with Crippen LogP contribution < -0.4 is 9.80 Å². The second-order valence-electron chi connectivity index (χ2n) is 7.58. The van der Waals surface area contributed by atoms with Crippen LogP contribution in [0, 0.1) is 0 Å². The second kappa shape index (κ2) is 11.5. The molecule has 7 heteroatoms. The van der Waals surface area contributed by atoms with Crippen LogP contribution in [0.15, 0.2) is 42.5 Å². The SMILES string of the molecule is CCc1ccc2nc(N(CCN(CC)CC)C(=O)c3ccc(N(C)C)cc3)sc2c1.Cl. The molecule has 0 spiro atoms. The lowest BCUT2D eigenvalue weighted by atomic mass is 10.1. The Morgan fingerprint density at radius 2 is 1.65 bits per heavy atom. The smallest absolute Gasteiger partial charge is 0.260 e. The number of aromatic nitrogens is 1. The number of anilines is 2. The van der Waals surface area contributed by atoms with E-state index in [9.17, 15) is 4.79 Å². The third kappa shape index (κ3) is 5.97. The minimum Gasteiger partial charge on any atom is -0.378 e. The van der Waals surface area contributed by atoms with E-state index in [1.165, 1.54) is 5.56 Å². The molecule has 0 radical (unpaired) electrons. The van der Waals surface area contributed by atoms with Gasteiger partial charge in [0.1, 0.15) is 0 Å². The Balaban J connectivity index is 0.00000341. The number of nitrogens with zero attached hydrogens (tertiary/aromatic N) is 4. The number of fused-ring (bicyclic) bond motifs is 1. The van der Waals surface area contributed by atoms with Crippen molar-refractivity contribution in [3.63, 3.8) is 0 Å². The highest BCUT2D eigenvalue weighted by Crippen LogP contribution is 2.31. The van der Waals surface area contributed by atoms with Gasteiger partial charge in [0.2, 0.25) is 0 Å². The number of thiazole rings is 1. The van der Waals surface area contributed by atoms with Crippen LogP contribution in [0.5, 0.6) is 0 Å². The number of rotatable bonds is 9. The van der Waals surface area contributed by atoms with Crippen molar-refractivity contribution >= 4 is 50.7 Å². The molecule has 0 aliphatic carbocycles. The van der Waals surface area contributed by atoms with Gasteiger partial charge in [-0.05, 0) is 61.5 Å². The van der Waals surface area contributed by atoms with E-state index in [4.69, 9.17) is 4.98 Å². The number of carbonyl (C=O) groups excluding carboxylic acids is 1. The molecule has 31 heavy (non-hydrogen) atoms. The molecule has 1 heterocycles. The van der Waals surface area contributed by atoms with E-state index >= 15 is 0 Å². The van der Waals surface area contributed by atoms with Gasteiger partial charge in [-0.1, -0.05) is 38.2 Å². The van der Waals surface area contributed by atoms with Crippen LogP contribution in [0.3, 0.4) is 0 Å². The Labute approximate surface area is 196 Å². The molecule has 2 aromatic carbocycles. The molecule has 0 fully saturated rings. The maximum atomic E-state index is 13.5. The predicted molar refractivity (Wildman–Crippen MR) is 136 cm³/mol. The maximum Gasteiger partial charge on any atom is 0.260 e. The molecule has 0 N–H and O–H groups in total. The lowest BCUT2D eigenvalue weighted by Crippen LogP contribution is -2.38. The number of hydrogen-bond acceptors (Lipinski definition) is 5. The van der Waals surface area contributed by atoms with Gasteiger partial charge >= 0.3 is 0 Å². The van der Waals surface area contributed by atoms with Crippen molar-refractivity contribution in [2.75, 3.05) is 50.1 Å². The number of amides is 1. The van der Waals surface area contributed by atoms with Crippen molar-refractivity contribution in [1.82, 2.24) is 9.88 Å². The highest BCUT2D eigenvalue weighted by Gasteiger charge is 2.22. The Morgan fingerprint density at radius 1 is 0.968 bits per heavy atom. The van der Waals surface area contributed by atoms with Crippen molar-refractivity contribution in [2.24, 2.45) is 0 Å². The average Bonchev–Trinajstić information content (AvgIpc) is 3.19. The lowest BCUT2D eigenvalue weighted by molar-refractivity contribution is 0.0984. The standard InChI is InChI=1S/C24H32N4OS.ClH/c1-6-18-9-14-21-22(17-18)30-24(25-21)28(16-15-27(7-2)8-3)23(29)19-10-12-20(13-11-19)26(4)5;/h9-14,17H,6-8,15-16H2,1-5H3;1H. The molecule has 3 rings (SSSR count). The summed E-state index contributed by atoms with van der Waals surface area (Å²) in [6.45, 7) is 9.84. The molecule has 0 unspecified atom stereocenters. The minimum atomic E-state index is 0. The summed E-state index contributed by atoms with van der Waals surface area (Å²) in [4.78, 5) is 24.5.